The lowest BCUT2D eigenvalue weighted by atomic mass is 9.93. The molecule has 1 unspecified atom stereocenters. The second-order valence-electron chi connectivity index (χ2n) is 9.74. The van der Waals surface area contributed by atoms with Gasteiger partial charge in [0.2, 0.25) is 0 Å². The number of allylic oxidation sites excluding steroid dienone is 1. The van der Waals surface area contributed by atoms with Gasteiger partial charge in [0.15, 0.2) is 5.17 Å². The Morgan fingerprint density at radius 2 is 1.74 bits per heavy atom. The molecule has 39 heavy (non-hydrogen) atoms. The summed E-state index contributed by atoms with van der Waals surface area (Å²) in [6.07, 6.45) is 1.01. The fourth-order valence-corrected chi connectivity index (χ4v) is 6.05. The minimum atomic E-state index is -0.282. The quantitative estimate of drug-likeness (QED) is 0.382. The Labute approximate surface area is 233 Å². The van der Waals surface area contributed by atoms with Crippen molar-refractivity contribution < 1.29 is 14.3 Å². The van der Waals surface area contributed by atoms with Crippen LogP contribution in [0.3, 0.4) is 0 Å². The van der Waals surface area contributed by atoms with Crippen LogP contribution in [0, 0.1) is 13.8 Å². The van der Waals surface area contributed by atoms with Crippen molar-refractivity contribution in [1.82, 2.24) is 4.90 Å². The van der Waals surface area contributed by atoms with E-state index in [1.165, 1.54) is 0 Å². The molecule has 0 aromatic heterocycles. The Morgan fingerprint density at radius 3 is 2.49 bits per heavy atom. The number of nitrogens with zero attached hydrogens (tertiary/aromatic N) is 2. The maximum absolute atomic E-state index is 13.8. The first-order chi connectivity index (χ1) is 18.9. The Morgan fingerprint density at radius 1 is 0.974 bits per heavy atom. The summed E-state index contributed by atoms with van der Waals surface area (Å²) in [5, 5.41) is 7.03. The third-order valence-electron chi connectivity index (χ3n) is 6.97. The van der Waals surface area contributed by atoms with Gasteiger partial charge < -0.3 is 20.3 Å². The molecule has 3 aromatic carbocycles. The maximum atomic E-state index is 13.8. The van der Waals surface area contributed by atoms with Gasteiger partial charge in [0.1, 0.15) is 5.75 Å². The van der Waals surface area contributed by atoms with E-state index in [1.807, 2.05) is 63.2 Å². The molecular formula is C31H32N4O3S. The van der Waals surface area contributed by atoms with Crippen molar-refractivity contribution in [1.29, 1.82) is 0 Å². The van der Waals surface area contributed by atoms with Gasteiger partial charge in [-0.1, -0.05) is 53.7 Å². The SMILES string of the molecule is COc1ccccc1C(=O)Nc1ccc(C2C(C(=O)Nc3ccc(C)cc3C)=C(C)N=C3SCCCN32)cc1. The number of carbonyl (C=O) groups excluding carboxylic acids is 2. The number of nitrogens with one attached hydrogen (secondary N) is 2. The van der Waals surface area contributed by atoms with Crippen molar-refractivity contribution in [3.8, 4) is 5.75 Å². The number of anilines is 2. The maximum Gasteiger partial charge on any atom is 0.259 e. The lowest BCUT2D eigenvalue weighted by molar-refractivity contribution is -0.113. The van der Waals surface area contributed by atoms with Gasteiger partial charge in [-0.25, -0.2) is 4.99 Å². The molecule has 0 spiro atoms. The highest BCUT2D eigenvalue weighted by molar-refractivity contribution is 8.13. The fourth-order valence-electron chi connectivity index (χ4n) is 5.03. The van der Waals surface area contributed by atoms with Gasteiger partial charge in [-0.3, -0.25) is 9.59 Å². The lowest BCUT2D eigenvalue weighted by Gasteiger charge is -2.41. The number of benzene rings is 3. The van der Waals surface area contributed by atoms with Crippen molar-refractivity contribution in [3.05, 3.63) is 100 Å². The van der Waals surface area contributed by atoms with Crippen LogP contribution in [-0.4, -0.2) is 41.3 Å². The Bertz CT molecular complexity index is 1480. The van der Waals surface area contributed by atoms with Crippen molar-refractivity contribution in [2.24, 2.45) is 4.99 Å². The standard InChI is InChI=1S/C31H32N4O3S/c1-19-10-15-25(20(2)18-19)34-30(37)27-21(3)32-31-35(16-7-17-39-31)28(27)22-11-13-23(14-12-22)33-29(36)24-8-5-6-9-26(24)38-4/h5-6,8-15,18,28H,7,16-17H2,1-4H3,(H,33,36)(H,34,37). The molecule has 7 nitrogen and oxygen atoms in total. The summed E-state index contributed by atoms with van der Waals surface area (Å²) in [4.78, 5) is 33.7. The highest BCUT2D eigenvalue weighted by Crippen LogP contribution is 2.40. The molecule has 2 aliphatic rings. The number of hydrogen-bond donors (Lipinski definition) is 2. The van der Waals surface area contributed by atoms with Gasteiger partial charge in [-0.2, -0.15) is 0 Å². The Hall–Kier alpha value is -4.04. The second kappa shape index (κ2) is 11.4. The molecule has 2 N–H and O–H groups in total. The number of carbonyl (C=O) groups is 2. The number of para-hydroxylation sites is 1. The van der Waals surface area contributed by atoms with E-state index >= 15 is 0 Å². The number of rotatable bonds is 6. The number of hydrogen-bond acceptors (Lipinski definition) is 6. The van der Waals surface area contributed by atoms with Crippen LogP contribution < -0.4 is 15.4 Å². The summed E-state index contributed by atoms with van der Waals surface area (Å²) in [6.45, 7) is 6.76. The van der Waals surface area contributed by atoms with Crippen LogP contribution in [-0.2, 0) is 4.79 Å². The minimum absolute atomic E-state index is 0.156. The first kappa shape index (κ1) is 26.6. The van der Waals surface area contributed by atoms with E-state index in [9.17, 15) is 9.59 Å². The van der Waals surface area contributed by atoms with Crippen molar-refractivity contribution in [3.63, 3.8) is 0 Å². The van der Waals surface area contributed by atoms with E-state index in [1.54, 1.807) is 37.1 Å². The largest absolute Gasteiger partial charge is 0.496 e. The van der Waals surface area contributed by atoms with E-state index in [2.05, 4.69) is 21.6 Å². The van der Waals surface area contributed by atoms with Gasteiger partial charge in [-0.15, -0.1) is 0 Å². The molecule has 0 bridgehead atoms. The predicted octanol–water partition coefficient (Wildman–Crippen LogP) is 6.33. The minimum Gasteiger partial charge on any atom is -0.496 e. The summed E-state index contributed by atoms with van der Waals surface area (Å²) in [5.41, 5.74) is 6.40. The third kappa shape index (κ3) is 5.56. The average Bonchev–Trinajstić information content (AvgIpc) is 2.94. The topological polar surface area (TPSA) is 83.0 Å². The van der Waals surface area contributed by atoms with Crippen LogP contribution >= 0.6 is 11.8 Å². The molecule has 2 amide bonds. The number of amidine groups is 1. The van der Waals surface area contributed by atoms with Gasteiger partial charge in [0.05, 0.1) is 30.0 Å². The molecule has 200 valence electrons. The molecule has 8 heteroatoms. The number of ether oxygens (including phenoxy) is 1. The van der Waals surface area contributed by atoms with Gasteiger partial charge in [0.25, 0.3) is 11.8 Å². The second-order valence-corrected chi connectivity index (χ2v) is 10.8. The molecule has 0 saturated carbocycles. The Kier molecular flexibility index (Phi) is 7.74. The van der Waals surface area contributed by atoms with E-state index in [-0.39, 0.29) is 17.9 Å². The summed E-state index contributed by atoms with van der Waals surface area (Å²) in [7, 11) is 1.55. The van der Waals surface area contributed by atoms with Crippen LogP contribution in [0.4, 0.5) is 11.4 Å². The van der Waals surface area contributed by atoms with Gasteiger partial charge in [0, 0.05) is 23.7 Å². The molecule has 2 heterocycles. The van der Waals surface area contributed by atoms with Gasteiger partial charge >= 0.3 is 0 Å². The molecule has 1 fully saturated rings. The van der Waals surface area contributed by atoms with Crippen molar-refractivity contribution >= 4 is 40.1 Å². The number of aryl methyl sites for hydroxylation is 2. The number of aliphatic imine (C=N–C) groups is 1. The van der Waals surface area contributed by atoms with Crippen molar-refractivity contribution in [2.45, 2.75) is 33.2 Å². The molecule has 1 saturated heterocycles. The van der Waals surface area contributed by atoms with Crippen LogP contribution in [0.2, 0.25) is 0 Å². The zero-order valence-corrected chi connectivity index (χ0v) is 23.4. The van der Waals surface area contributed by atoms with E-state index in [0.717, 1.165) is 52.0 Å². The fraction of sp³-hybridized carbons (Fsp3) is 0.258. The Balaban J connectivity index is 1.44. The molecule has 0 radical (unpaired) electrons. The van der Waals surface area contributed by atoms with E-state index in [0.29, 0.717) is 22.6 Å². The zero-order valence-electron chi connectivity index (χ0n) is 22.6. The van der Waals surface area contributed by atoms with Crippen LogP contribution in [0.25, 0.3) is 0 Å². The number of methoxy groups -OCH3 is 1. The number of fused-ring (bicyclic) bond motifs is 1. The predicted molar refractivity (Wildman–Crippen MR) is 159 cm³/mol. The summed E-state index contributed by atoms with van der Waals surface area (Å²) < 4.78 is 5.33. The first-order valence-corrected chi connectivity index (χ1v) is 14.0. The monoisotopic (exact) mass is 540 g/mol. The first-order valence-electron chi connectivity index (χ1n) is 13.0. The average molecular weight is 541 g/mol. The summed E-state index contributed by atoms with van der Waals surface area (Å²) in [5.74, 6) is 1.12. The molecule has 0 aliphatic carbocycles. The normalized spacial score (nSPS) is 16.8. The summed E-state index contributed by atoms with van der Waals surface area (Å²) in [6, 6.07) is 20.5. The van der Waals surface area contributed by atoms with E-state index in [4.69, 9.17) is 9.73 Å². The molecular weight excluding hydrogens is 508 g/mol. The lowest BCUT2D eigenvalue weighted by Crippen LogP contribution is -2.43. The van der Waals surface area contributed by atoms with E-state index < -0.39 is 0 Å². The van der Waals surface area contributed by atoms with Crippen molar-refractivity contribution in [2.75, 3.05) is 30.0 Å². The van der Waals surface area contributed by atoms with Crippen LogP contribution in [0.15, 0.2) is 83.0 Å². The molecule has 2 aliphatic heterocycles. The number of amides is 2. The highest BCUT2D eigenvalue weighted by atomic mass is 32.2. The smallest absolute Gasteiger partial charge is 0.259 e. The van der Waals surface area contributed by atoms with Crippen LogP contribution in [0.5, 0.6) is 5.75 Å². The highest BCUT2D eigenvalue weighted by Gasteiger charge is 2.37. The number of thioether (sulfide) groups is 1. The molecule has 1 atom stereocenters. The molecule has 5 rings (SSSR count). The third-order valence-corrected chi connectivity index (χ3v) is 8.05. The summed E-state index contributed by atoms with van der Waals surface area (Å²) >= 11 is 1.72. The van der Waals surface area contributed by atoms with Gasteiger partial charge in [-0.05, 0) is 68.7 Å². The van der Waals surface area contributed by atoms with Crippen LogP contribution in [0.1, 0.15) is 46.4 Å². The molecule has 3 aromatic rings. The zero-order chi connectivity index (χ0) is 27.5.